The summed E-state index contributed by atoms with van der Waals surface area (Å²) in [5, 5.41) is 8.96. The fourth-order valence-electron chi connectivity index (χ4n) is 1.84. The van der Waals surface area contributed by atoms with Crippen LogP contribution in [0.3, 0.4) is 0 Å². The minimum Gasteiger partial charge on any atom is -0.483 e. The Morgan fingerprint density at radius 1 is 1.21 bits per heavy atom. The molecular formula is C15H12ClFN4O2S. The summed E-state index contributed by atoms with van der Waals surface area (Å²) in [6, 6.07) is 7.82. The molecule has 2 heterocycles. The Morgan fingerprint density at radius 3 is 2.54 bits per heavy atom. The average Bonchev–Trinajstić information content (AvgIpc) is 2.98. The van der Waals surface area contributed by atoms with Gasteiger partial charge in [0.1, 0.15) is 17.6 Å². The largest absolute Gasteiger partial charge is 0.483 e. The van der Waals surface area contributed by atoms with E-state index >= 15 is 0 Å². The number of nitrogens with zero attached hydrogens (tertiary/aromatic N) is 3. The van der Waals surface area contributed by atoms with Crippen LogP contribution in [0.25, 0.3) is 0 Å². The molecule has 6 nitrogen and oxygen atoms in total. The highest BCUT2D eigenvalue weighted by molar-refractivity contribution is 7.15. The van der Waals surface area contributed by atoms with Crippen LogP contribution < -0.4 is 15.2 Å². The van der Waals surface area contributed by atoms with Crippen LogP contribution in [0.1, 0.15) is 18.0 Å². The van der Waals surface area contributed by atoms with Gasteiger partial charge in [0, 0.05) is 6.20 Å². The molecule has 0 aliphatic heterocycles. The summed E-state index contributed by atoms with van der Waals surface area (Å²) < 4.78 is 24.8. The molecule has 0 saturated carbocycles. The molecule has 124 valence electrons. The van der Waals surface area contributed by atoms with E-state index in [-0.39, 0.29) is 17.0 Å². The number of anilines is 1. The van der Waals surface area contributed by atoms with E-state index in [0.29, 0.717) is 21.6 Å². The first-order chi connectivity index (χ1) is 11.5. The molecule has 2 aromatic heterocycles. The van der Waals surface area contributed by atoms with Crippen molar-refractivity contribution in [2.45, 2.75) is 13.0 Å². The lowest BCUT2D eigenvalue weighted by Gasteiger charge is -2.12. The molecule has 24 heavy (non-hydrogen) atoms. The van der Waals surface area contributed by atoms with Crippen LogP contribution in [0.4, 0.5) is 9.52 Å². The maximum atomic E-state index is 13.7. The van der Waals surface area contributed by atoms with Gasteiger partial charge in [0.2, 0.25) is 5.13 Å². The van der Waals surface area contributed by atoms with Crippen molar-refractivity contribution in [1.82, 2.24) is 15.2 Å². The van der Waals surface area contributed by atoms with Gasteiger partial charge in [-0.3, -0.25) is 0 Å². The van der Waals surface area contributed by atoms with Gasteiger partial charge in [-0.1, -0.05) is 22.9 Å². The van der Waals surface area contributed by atoms with E-state index in [0.717, 1.165) is 6.07 Å². The normalized spacial score (nSPS) is 12.0. The van der Waals surface area contributed by atoms with Gasteiger partial charge in [-0.25, -0.2) is 9.37 Å². The molecule has 0 saturated heterocycles. The molecule has 1 atom stereocenters. The molecule has 1 aromatic carbocycles. The zero-order valence-electron chi connectivity index (χ0n) is 12.4. The fourth-order valence-corrected chi connectivity index (χ4v) is 2.58. The van der Waals surface area contributed by atoms with Crippen molar-refractivity contribution in [2.24, 2.45) is 0 Å². The van der Waals surface area contributed by atoms with Crippen LogP contribution in [-0.2, 0) is 0 Å². The number of aromatic nitrogens is 3. The van der Waals surface area contributed by atoms with Gasteiger partial charge < -0.3 is 15.2 Å². The molecule has 0 aliphatic carbocycles. The molecular weight excluding hydrogens is 355 g/mol. The van der Waals surface area contributed by atoms with E-state index in [9.17, 15) is 4.39 Å². The van der Waals surface area contributed by atoms with E-state index in [1.807, 2.05) is 6.92 Å². The van der Waals surface area contributed by atoms with E-state index in [4.69, 9.17) is 26.8 Å². The van der Waals surface area contributed by atoms with Crippen LogP contribution in [0, 0.1) is 5.82 Å². The Morgan fingerprint density at radius 2 is 1.92 bits per heavy atom. The number of benzene rings is 1. The van der Waals surface area contributed by atoms with Crippen LogP contribution in [0.2, 0.25) is 5.02 Å². The predicted molar refractivity (Wildman–Crippen MR) is 89.1 cm³/mol. The standard InChI is InChI=1S/C15H12ClFN4O2S/c1-8(14-20-21-15(18)24-14)22-10-2-4-11(5-3-10)23-13-12(17)6-9(16)7-19-13/h2-8H,1H3,(H2,18,21)/t8-/m1/s1. The molecule has 0 unspecified atom stereocenters. The number of nitrogens with two attached hydrogens (primary N) is 1. The van der Waals surface area contributed by atoms with Gasteiger partial charge in [-0.05, 0) is 37.3 Å². The zero-order chi connectivity index (χ0) is 17.1. The predicted octanol–water partition coefficient (Wildman–Crippen LogP) is 4.24. The van der Waals surface area contributed by atoms with Gasteiger partial charge in [-0.15, -0.1) is 10.2 Å². The Kier molecular flexibility index (Phi) is 4.77. The van der Waals surface area contributed by atoms with E-state index in [1.165, 1.54) is 17.5 Å². The lowest BCUT2D eigenvalue weighted by Crippen LogP contribution is -2.02. The molecule has 0 aliphatic rings. The smallest absolute Gasteiger partial charge is 0.255 e. The van der Waals surface area contributed by atoms with Gasteiger partial charge in [0.05, 0.1) is 5.02 Å². The van der Waals surface area contributed by atoms with Crippen LogP contribution in [-0.4, -0.2) is 15.2 Å². The summed E-state index contributed by atoms with van der Waals surface area (Å²) in [5.74, 6) is 0.244. The lowest BCUT2D eigenvalue weighted by molar-refractivity contribution is 0.225. The Bertz CT molecular complexity index is 844. The summed E-state index contributed by atoms with van der Waals surface area (Å²) in [6.45, 7) is 1.84. The quantitative estimate of drug-likeness (QED) is 0.727. The van der Waals surface area contributed by atoms with Crippen molar-refractivity contribution >= 4 is 28.1 Å². The summed E-state index contributed by atoms with van der Waals surface area (Å²) in [6.07, 6.45) is 1.02. The van der Waals surface area contributed by atoms with Crippen molar-refractivity contribution in [3.05, 3.63) is 52.4 Å². The lowest BCUT2D eigenvalue weighted by atomic mass is 10.3. The van der Waals surface area contributed by atoms with E-state index in [1.54, 1.807) is 24.3 Å². The van der Waals surface area contributed by atoms with Crippen LogP contribution in [0.5, 0.6) is 17.4 Å². The second kappa shape index (κ2) is 6.98. The van der Waals surface area contributed by atoms with Gasteiger partial charge in [-0.2, -0.15) is 0 Å². The van der Waals surface area contributed by atoms with Crippen LogP contribution >= 0.6 is 22.9 Å². The number of ether oxygens (including phenoxy) is 2. The first-order valence-electron chi connectivity index (χ1n) is 6.86. The summed E-state index contributed by atoms with van der Waals surface area (Å²) in [4.78, 5) is 3.80. The molecule has 3 aromatic rings. The molecule has 0 fully saturated rings. The maximum absolute atomic E-state index is 13.7. The van der Waals surface area contributed by atoms with Crippen molar-refractivity contribution < 1.29 is 13.9 Å². The Labute approximate surface area is 146 Å². The third-order valence-electron chi connectivity index (χ3n) is 2.93. The van der Waals surface area contributed by atoms with E-state index < -0.39 is 5.82 Å². The second-order valence-electron chi connectivity index (χ2n) is 4.75. The summed E-state index contributed by atoms with van der Waals surface area (Å²) in [7, 11) is 0. The number of halogens is 2. The third kappa shape index (κ3) is 3.90. The molecule has 0 bridgehead atoms. The van der Waals surface area contributed by atoms with Gasteiger partial charge in [0.15, 0.2) is 10.8 Å². The number of rotatable bonds is 5. The monoisotopic (exact) mass is 366 g/mol. The van der Waals surface area contributed by atoms with Gasteiger partial charge in [0.25, 0.3) is 5.88 Å². The minimum absolute atomic E-state index is 0.147. The topological polar surface area (TPSA) is 83.2 Å². The van der Waals surface area contributed by atoms with Crippen molar-refractivity contribution in [3.8, 4) is 17.4 Å². The molecule has 2 N–H and O–H groups in total. The highest BCUT2D eigenvalue weighted by Crippen LogP contribution is 2.28. The first kappa shape index (κ1) is 16.4. The molecule has 0 spiro atoms. The van der Waals surface area contributed by atoms with E-state index in [2.05, 4.69) is 15.2 Å². The minimum atomic E-state index is -0.634. The molecule has 3 rings (SSSR count). The average molecular weight is 367 g/mol. The maximum Gasteiger partial charge on any atom is 0.255 e. The van der Waals surface area contributed by atoms with Crippen molar-refractivity contribution in [3.63, 3.8) is 0 Å². The molecule has 9 heteroatoms. The first-order valence-corrected chi connectivity index (χ1v) is 8.05. The van der Waals surface area contributed by atoms with Crippen LogP contribution in [0.15, 0.2) is 36.5 Å². The van der Waals surface area contributed by atoms with Gasteiger partial charge >= 0.3 is 0 Å². The third-order valence-corrected chi connectivity index (χ3v) is 4.05. The Balaban J connectivity index is 1.67. The molecule has 0 radical (unpaired) electrons. The van der Waals surface area contributed by atoms with Crippen molar-refractivity contribution in [2.75, 3.05) is 5.73 Å². The number of pyridine rings is 1. The molecule has 0 amide bonds. The highest BCUT2D eigenvalue weighted by Gasteiger charge is 2.13. The zero-order valence-corrected chi connectivity index (χ0v) is 14.0. The fraction of sp³-hybridized carbons (Fsp3) is 0.133. The second-order valence-corrected chi connectivity index (χ2v) is 6.23. The highest BCUT2D eigenvalue weighted by atomic mass is 35.5. The summed E-state index contributed by atoms with van der Waals surface area (Å²) in [5.41, 5.74) is 5.55. The SMILES string of the molecule is C[C@@H](Oc1ccc(Oc2ncc(Cl)cc2F)cc1)c1nnc(N)s1. The number of hydrogen-bond donors (Lipinski definition) is 1. The van der Waals surface area contributed by atoms with Crippen molar-refractivity contribution in [1.29, 1.82) is 0 Å². The number of nitrogen functional groups attached to an aromatic ring is 1. The Hall–Kier alpha value is -2.45. The summed E-state index contributed by atoms with van der Waals surface area (Å²) >= 11 is 6.92. The number of hydrogen-bond acceptors (Lipinski definition) is 7.